The van der Waals surface area contributed by atoms with E-state index in [1.807, 2.05) is 6.07 Å². The molecule has 1 unspecified atom stereocenters. The van der Waals surface area contributed by atoms with Gasteiger partial charge in [-0.15, -0.1) is 0 Å². The highest BCUT2D eigenvalue weighted by Gasteiger charge is 2.44. The van der Waals surface area contributed by atoms with Crippen molar-refractivity contribution in [3.05, 3.63) is 64.2 Å². The predicted molar refractivity (Wildman–Crippen MR) is 148 cm³/mol. The molecule has 0 radical (unpaired) electrons. The van der Waals surface area contributed by atoms with Gasteiger partial charge in [0.2, 0.25) is 5.91 Å². The second kappa shape index (κ2) is 11.4. The smallest absolute Gasteiger partial charge is 0.416 e. The standard InChI is InChI=1S/C31H34F6N2O4/c1-17-27(19-11-21(30(32,33)34)13-22(12-19)31(35,36)37)43-28(41)39(17)16-20-15-29(3,4)10-9-24(20)25-14-23(38(5)18(2)40)7-8-26(25)42-6/h7-8,11-14,17,27H,9-10,15-16H2,1-6H3/t17-,27?/m0/s1. The molecule has 1 saturated heterocycles. The maximum atomic E-state index is 13.5. The minimum absolute atomic E-state index is 0.0505. The highest BCUT2D eigenvalue weighted by atomic mass is 19.4. The first-order valence-electron chi connectivity index (χ1n) is 13.7. The Morgan fingerprint density at radius 2 is 1.67 bits per heavy atom. The third-order valence-corrected chi connectivity index (χ3v) is 8.23. The maximum absolute atomic E-state index is 13.5. The Kier molecular flexibility index (Phi) is 8.56. The second-order valence-corrected chi connectivity index (χ2v) is 11.9. The number of rotatable bonds is 6. The molecule has 0 saturated carbocycles. The van der Waals surface area contributed by atoms with E-state index in [-0.39, 0.29) is 29.5 Å². The Morgan fingerprint density at radius 1 is 1.07 bits per heavy atom. The lowest BCUT2D eigenvalue weighted by Gasteiger charge is -2.36. The van der Waals surface area contributed by atoms with Crippen molar-refractivity contribution in [1.29, 1.82) is 0 Å². The van der Waals surface area contributed by atoms with Crippen molar-refractivity contribution in [1.82, 2.24) is 4.90 Å². The number of cyclic esters (lactones) is 1. The monoisotopic (exact) mass is 612 g/mol. The lowest BCUT2D eigenvalue weighted by atomic mass is 9.72. The molecule has 2 aromatic carbocycles. The molecule has 0 bridgehead atoms. The SMILES string of the molecule is COc1ccc(N(C)C(C)=O)cc1C1=C(CN2C(=O)OC(c3cc(C(F)(F)F)cc(C(F)(F)F)c3)[C@@H]2C)CC(C)(C)CC1. The quantitative estimate of drug-likeness (QED) is 0.308. The number of allylic oxidation sites excluding steroid dienone is 1. The van der Waals surface area contributed by atoms with E-state index in [1.165, 1.54) is 23.8 Å². The summed E-state index contributed by atoms with van der Waals surface area (Å²) in [7, 11) is 3.17. The summed E-state index contributed by atoms with van der Waals surface area (Å²) in [4.78, 5) is 28.0. The second-order valence-electron chi connectivity index (χ2n) is 11.9. The number of methoxy groups -OCH3 is 1. The van der Waals surface area contributed by atoms with Crippen LogP contribution < -0.4 is 9.64 Å². The van der Waals surface area contributed by atoms with E-state index in [2.05, 4.69) is 13.8 Å². The van der Waals surface area contributed by atoms with Crippen LogP contribution in [0.4, 0.5) is 36.8 Å². The number of ether oxygens (including phenoxy) is 2. The first-order chi connectivity index (χ1) is 19.8. The molecular weight excluding hydrogens is 578 g/mol. The van der Waals surface area contributed by atoms with E-state index >= 15 is 0 Å². The Labute approximate surface area is 246 Å². The van der Waals surface area contributed by atoms with E-state index in [1.54, 1.807) is 26.1 Å². The molecular formula is C31H34F6N2O4. The lowest BCUT2D eigenvalue weighted by molar-refractivity contribution is -0.143. The van der Waals surface area contributed by atoms with Gasteiger partial charge in [-0.3, -0.25) is 9.69 Å². The van der Waals surface area contributed by atoms with Crippen LogP contribution in [0.5, 0.6) is 5.75 Å². The van der Waals surface area contributed by atoms with Crippen LogP contribution in [0.25, 0.3) is 5.57 Å². The third kappa shape index (κ3) is 6.78. The van der Waals surface area contributed by atoms with Crippen molar-refractivity contribution in [3.8, 4) is 5.75 Å². The zero-order chi connectivity index (χ0) is 32.1. The van der Waals surface area contributed by atoms with E-state index in [9.17, 15) is 35.9 Å². The summed E-state index contributed by atoms with van der Waals surface area (Å²) in [5.74, 6) is 0.393. The molecule has 1 aliphatic carbocycles. The fraction of sp³-hybridized carbons (Fsp3) is 0.484. The molecule has 2 amide bonds. The van der Waals surface area contributed by atoms with Crippen LogP contribution in [0, 0.1) is 5.41 Å². The van der Waals surface area contributed by atoms with Crippen molar-refractivity contribution >= 4 is 23.3 Å². The van der Waals surface area contributed by atoms with Crippen LogP contribution >= 0.6 is 0 Å². The Morgan fingerprint density at radius 3 is 2.21 bits per heavy atom. The van der Waals surface area contributed by atoms with Gasteiger partial charge in [-0.1, -0.05) is 13.8 Å². The van der Waals surface area contributed by atoms with Crippen LogP contribution in [-0.2, 0) is 21.9 Å². The van der Waals surface area contributed by atoms with Gasteiger partial charge in [0.15, 0.2) is 0 Å². The van der Waals surface area contributed by atoms with Crippen molar-refractivity contribution in [2.75, 3.05) is 25.6 Å². The largest absolute Gasteiger partial charge is 0.496 e. The topological polar surface area (TPSA) is 59.1 Å². The molecule has 1 fully saturated rings. The summed E-state index contributed by atoms with van der Waals surface area (Å²) in [5, 5.41) is 0. The number of hydrogen-bond acceptors (Lipinski definition) is 4. The van der Waals surface area contributed by atoms with Crippen molar-refractivity contribution in [3.63, 3.8) is 0 Å². The van der Waals surface area contributed by atoms with Gasteiger partial charge in [-0.05, 0) is 84.7 Å². The number of halogens is 6. The van der Waals surface area contributed by atoms with E-state index < -0.39 is 41.7 Å². The highest BCUT2D eigenvalue weighted by Crippen LogP contribution is 2.47. The Hall–Kier alpha value is -3.70. The number of anilines is 1. The minimum Gasteiger partial charge on any atom is -0.496 e. The fourth-order valence-corrected chi connectivity index (χ4v) is 5.72. The molecule has 2 atom stereocenters. The molecule has 2 aromatic rings. The summed E-state index contributed by atoms with van der Waals surface area (Å²) < 4.78 is 92.2. The average molecular weight is 613 g/mol. The average Bonchev–Trinajstić information content (AvgIpc) is 3.19. The van der Waals surface area contributed by atoms with E-state index in [0.717, 1.165) is 23.1 Å². The number of carbonyl (C=O) groups excluding carboxylic acids is 2. The van der Waals surface area contributed by atoms with Crippen LogP contribution in [0.15, 0.2) is 42.0 Å². The molecule has 2 aliphatic rings. The maximum Gasteiger partial charge on any atom is 0.416 e. The molecule has 6 nitrogen and oxygen atoms in total. The van der Waals surface area contributed by atoms with E-state index in [0.29, 0.717) is 36.4 Å². The Bertz CT molecular complexity index is 1410. The Balaban J connectivity index is 1.76. The lowest BCUT2D eigenvalue weighted by Crippen LogP contribution is -2.35. The zero-order valence-corrected chi connectivity index (χ0v) is 24.7. The summed E-state index contributed by atoms with van der Waals surface area (Å²) >= 11 is 0. The van der Waals surface area contributed by atoms with Crippen LogP contribution in [0.3, 0.4) is 0 Å². The van der Waals surface area contributed by atoms with Crippen LogP contribution in [0.2, 0.25) is 0 Å². The van der Waals surface area contributed by atoms with Crippen molar-refractivity contribution in [2.24, 2.45) is 5.41 Å². The van der Waals surface area contributed by atoms with Crippen LogP contribution in [-0.4, -0.2) is 43.6 Å². The molecule has 0 spiro atoms. The molecule has 1 heterocycles. The summed E-state index contributed by atoms with van der Waals surface area (Å²) in [5.41, 5.74) is -0.332. The first kappa shape index (κ1) is 32.2. The number of hydrogen-bond donors (Lipinski definition) is 0. The van der Waals surface area contributed by atoms with Gasteiger partial charge in [0.05, 0.1) is 24.3 Å². The normalized spacial score (nSPS) is 20.7. The van der Waals surface area contributed by atoms with Gasteiger partial charge in [-0.2, -0.15) is 26.3 Å². The van der Waals surface area contributed by atoms with Gasteiger partial charge in [0.1, 0.15) is 11.9 Å². The highest BCUT2D eigenvalue weighted by molar-refractivity contribution is 5.92. The summed E-state index contributed by atoms with van der Waals surface area (Å²) in [6.07, 6.45) is -10.2. The number of carbonyl (C=O) groups is 2. The summed E-state index contributed by atoms with van der Waals surface area (Å²) in [6.45, 7) is 7.20. The third-order valence-electron chi connectivity index (χ3n) is 8.23. The molecule has 0 aromatic heterocycles. The summed E-state index contributed by atoms with van der Waals surface area (Å²) in [6, 6.07) is 5.73. The van der Waals surface area contributed by atoms with Gasteiger partial charge in [0, 0.05) is 31.8 Å². The molecule has 1 aliphatic heterocycles. The number of alkyl halides is 6. The molecule has 43 heavy (non-hydrogen) atoms. The predicted octanol–water partition coefficient (Wildman–Crippen LogP) is 8.26. The number of benzene rings is 2. The van der Waals surface area contributed by atoms with Crippen LogP contribution in [0.1, 0.15) is 75.3 Å². The first-order valence-corrected chi connectivity index (χ1v) is 13.7. The van der Waals surface area contributed by atoms with Gasteiger partial charge in [0.25, 0.3) is 0 Å². The molecule has 234 valence electrons. The fourth-order valence-electron chi connectivity index (χ4n) is 5.72. The van der Waals surface area contributed by atoms with Crippen molar-refractivity contribution in [2.45, 2.75) is 71.5 Å². The molecule has 4 rings (SSSR count). The molecule has 12 heteroatoms. The minimum atomic E-state index is -5.03. The number of nitrogens with zero attached hydrogens (tertiary/aromatic N) is 2. The van der Waals surface area contributed by atoms with E-state index in [4.69, 9.17) is 9.47 Å². The van der Waals surface area contributed by atoms with Crippen molar-refractivity contribution < 1.29 is 45.4 Å². The van der Waals surface area contributed by atoms with Gasteiger partial charge >= 0.3 is 18.4 Å². The zero-order valence-electron chi connectivity index (χ0n) is 24.7. The van der Waals surface area contributed by atoms with Gasteiger partial charge in [-0.25, -0.2) is 4.79 Å². The number of amides is 2. The van der Waals surface area contributed by atoms with Gasteiger partial charge < -0.3 is 14.4 Å². The molecule has 0 N–H and O–H groups in total.